The van der Waals surface area contributed by atoms with Gasteiger partial charge < -0.3 is 5.32 Å². The van der Waals surface area contributed by atoms with Gasteiger partial charge in [0, 0.05) is 19.5 Å². The van der Waals surface area contributed by atoms with Crippen LogP contribution in [0.15, 0.2) is 18.2 Å². The predicted molar refractivity (Wildman–Crippen MR) is 114 cm³/mol. The summed E-state index contributed by atoms with van der Waals surface area (Å²) in [6.07, 6.45) is 6.19. The van der Waals surface area contributed by atoms with Crippen molar-refractivity contribution in [3.05, 3.63) is 28.2 Å². The van der Waals surface area contributed by atoms with Gasteiger partial charge in [-0.1, -0.05) is 62.4 Å². The largest absolute Gasteiger partial charge is 0.356 e. The molecule has 1 amide bonds. The minimum Gasteiger partial charge on any atom is -0.356 e. The summed E-state index contributed by atoms with van der Waals surface area (Å²) in [6, 6.07) is 4.84. The number of nitrogens with one attached hydrogen (secondary N) is 1. The Kier molecular flexibility index (Phi) is 10.5. The van der Waals surface area contributed by atoms with E-state index >= 15 is 0 Å². The normalized spacial score (nSPS) is 12.6. The maximum atomic E-state index is 12.2. The van der Waals surface area contributed by atoms with Crippen LogP contribution in [0.3, 0.4) is 0 Å². The molecule has 5 nitrogen and oxygen atoms in total. The average Bonchev–Trinajstić information content (AvgIpc) is 2.59. The first-order valence-electron chi connectivity index (χ1n) is 9.39. The first kappa shape index (κ1) is 24.1. The summed E-state index contributed by atoms with van der Waals surface area (Å²) < 4.78 is 25.5. The van der Waals surface area contributed by atoms with Gasteiger partial charge in [0.05, 0.1) is 22.0 Å². The molecular weight excluding hydrogens is 407 g/mol. The van der Waals surface area contributed by atoms with Crippen LogP contribution in [-0.4, -0.2) is 33.7 Å². The zero-order valence-corrected chi connectivity index (χ0v) is 18.6. The van der Waals surface area contributed by atoms with Gasteiger partial charge in [-0.2, -0.15) is 0 Å². The number of carbonyl (C=O) groups is 1. The van der Waals surface area contributed by atoms with Gasteiger partial charge in [-0.05, 0) is 30.9 Å². The molecule has 0 heterocycles. The Labute approximate surface area is 173 Å². The van der Waals surface area contributed by atoms with Crippen LogP contribution in [0.5, 0.6) is 0 Å². The van der Waals surface area contributed by atoms with Gasteiger partial charge in [0.15, 0.2) is 0 Å². The van der Waals surface area contributed by atoms with E-state index in [-0.39, 0.29) is 34.6 Å². The van der Waals surface area contributed by atoms with E-state index < -0.39 is 10.0 Å². The molecule has 8 heteroatoms. The Bertz CT molecular complexity index is 691. The summed E-state index contributed by atoms with van der Waals surface area (Å²) in [5.41, 5.74) is 0.259. The molecule has 0 aromatic heterocycles. The lowest BCUT2D eigenvalue weighted by Gasteiger charge is -2.24. The molecule has 1 unspecified atom stereocenters. The van der Waals surface area contributed by atoms with Gasteiger partial charge in [0.25, 0.3) is 0 Å². The van der Waals surface area contributed by atoms with Crippen molar-refractivity contribution < 1.29 is 13.2 Å². The van der Waals surface area contributed by atoms with E-state index in [1.807, 2.05) is 0 Å². The van der Waals surface area contributed by atoms with E-state index in [0.717, 1.165) is 31.9 Å². The van der Waals surface area contributed by atoms with Gasteiger partial charge >= 0.3 is 0 Å². The molecule has 0 aliphatic heterocycles. The number of nitrogens with zero attached hydrogens (tertiary/aromatic N) is 1. The van der Waals surface area contributed by atoms with E-state index in [1.54, 1.807) is 18.2 Å². The van der Waals surface area contributed by atoms with Crippen molar-refractivity contribution in [3.63, 3.8) is 0 Å². The maximum Gasteiger partial charge on any atom is 0.232 e. The SMILES string of the molecule is CCCCC(CC)CNC(=O)CCCN(c1c(Cl)cccc1Cl)S(C)(=O)=O. The van der Waals surface area contributed by atoms with Crippen molar-refractivity contribution in [2.75, 3.05) is 23.7 Å². The number of rotatable bonds is 12. The molecule has 1 N–H and O–H groups in total. The molecular formula is C19H30Cl2N2O3S. The average molecular weight is 437 g/mol. The Morgan fingerprint density at radius 1 is 1.19 bits per heavy atom. The summed E-state index contributed by atoms with van der Waals surface area (Å²) in [4.78, 5) is 12.1. The number of halogens is 2. The summed E-state index contributed by atoms with van der Waals surface area (Å²) >= 11 is 12.3. The number of hydrogen-bond donors (Lipinski definition) is 1. The van der Waals surface area contributed by atoms with Crippen LogP contribution in [0, 0.1) is 5.92 Å². The molecule has 0 radical (unpaired) electrons. The number of carbonyl (C=O) groups excluding carboxylic acids is 1. The molecule has 1 atom stereocenters. The van der Waals surface area contributed by atoms with Crippen molar-refractivity contribution in [3.8, 4) is 0 Å². The molecule has 0 spiro atoms. The third-order valence-electron chi connectivity index (χ3n) is 4.48. The molecule has 0 saturated heterocycles. The molecule has 27 heavy (non-hydrogen) atoms. The highest BCUT2D eigenvalue weighted by atomic mass is 35.5. The lowest BCUT2D eigenvalue weighted by atomic mass is 9.99. The van der Waals surface area contributed by atoms with E-state index in [4.69, 9.17) is 23.2 Å². The molecule has 0 fully saturated rings. The van der Waals surface area contributed by atoms with Crippen molar-refractivity contribution in [1.29, 1.82) is 0 Å². The zero-order chi connectivity index (χ0) is 20.4. The first-order valence-corrected chi connectivity index (χ1v) is 12.0. The second-order valence-electron chi connectivity index (χ2n) is 6.73. The van der Waals surface area contributed by atoms with Gasteiger partial charge in [0.2, 0.25) is 15.9 Å². The summed E-state index contributed by atoms with van der Waals surface area (Å²) in [6.45, 7) is 5.10. The zero-order valence-electron chi connectivity index (χ0n) is 16.3. The van der Waals surface area contributed by atoms with E-state index in [1.165, 1.54) is 4.31 Å². The van der Waals surface area contributed by atoms with E-state index in [2.05, 4.69) is 19.2 Å². The highest BCUT2D eigenvalue weighted by Gasteiger charge is 2.22. The molecule has 0 aliphatic rings. The molecule has 0 bridgehead atoms. The van der Waals surface area contributed by atoms with Crippen LogP contribution in [-0.2, 0) is 14.8 Å². The van der Waals surface area contributed by atoms with E-state index in [0.29, 0.717) is 18.9 Å². The Balaban J connectivity index is 2.62. The molecule has 1 rings (SSSR count). The highest BCUT2D eigenvalue weighted by Crippen LogP contribution is 2.35. The fourth-order valence-corrected chi connectivity index (χ4v) is 4.53. The van der Waals surface area contributed by atoms with Gasteiger partial charge in [-0.15, -0.1) is 0 Å². The summed E-state index contributed by atoms with van der Waals surface area (Å²) in [5, 5.41) is 3.48. The number of sulfonamides is 1. The van der Waals surface area contributed by atoms with Gasteiger partial charge in [0.1, 0.15) is 0 Å². The minimum absolute atomic E-state index is 0.0661. The van der Waals surface area contributed by atoms with Crippen molar-refractivity contribution in [2.45, 2.75) is 52.4 Å². The molecule has 1 aromatic rings. The van der Waals surface area contributed by atoms with Crippen molar-refractivity contribution in [1.82, 2.24) is 5.32 Å². The van der Waals surface area contributed by atoms with Crippen molar-refractivity contribution in [2.24, 2.45) is 5.92 Å². The number of para-hydroxylation sites is 1. The predicted octanol–water partition coefficient (Wildman–Crippen LogP) is 4.87. The molecule has 1 aromatic carbocycles. The highest BCUT2D eigenvalue weighted by molar-refractivity contribution is 7.92. The van der Waals surface area contributed by atoms with Crippen LogP contribution in [0.1, 0.15) is 52.4 Å². The lowest BCUT2D eigenvalue weighted by molar-refractivity contribution is -0.121. The van der Waals surface area contributed by atoms with Gasteiger partial charge in [-0.25, -0.2) is 8.42 Å². The number of benzene rings is 1. The quantitative estimate of drug-likeness (QED) is 0.507. The molecule has 154 valence electrons. The Hall–Kier alpha value is -0.980. The second kappa shape index (κ2) is 11.8. The van der Waals surface area contributed by atoms with Crippen LogP contribution in [0.4, 0.5) is 5.69 Å². The summed E-state index contributed by atoms with van der Waals surface area (Å²) in [5.74, 6) is 0.423. The standard InChI is InChI=1S/C19H30Cl2N2O3S/c1-4-6-9-15(5-2)14-22-18(24)12-8-13-23(27(3,25)26)19-16(20)10-7-11-17(19)21/h7,10-11,15H,4-6,8-9,12-14H2,1-3H3,(H,22,24). The second-order valence-corrected chi connectivity index (χ2v) is 9.45. The fourth-order valence-electron chi connectivity index (χ4n) is 2.84. The van der Waals surface area contributed by atoms with E-state index in [9.17, 15) is 13.2 Å². The molecule has 0 aliphatic carbocycles. The van der Waals surface area contributed by atoms with Crippen LogP contribution in [0.25, 0.3) is 0 Å². The van der Waals surface area contributed by atoms with Crippen LogP contribution in [0.2, 0.25) is 10.0 Å². The number of amides is 1. The molecule has 0 saturated carbocycles. The number of unbranched alkanes of at least 4 members (excludes halogenated alkanes) is 1. The topological polar surface area (TPSA) is 66.5 Å². The summed E-state index contributed by atoms with van der Waals surface area (Å²) in [7, 11) is -3.57. The number of anilines is 1. The lowest BCUT2D eigenvalue weighted by Crippen LogP contribution is -2.33. The minimum atomic E-state index is -3.57. The third-order valence-corrected chi connectivity index (χ3v) is 6.26. The Morgan fingerprint density at radius 2 is 1.81 bits per heavy atom. The number of hydrogen-bond acceptors (Lipinski definition) is 3. The van der Waals surface area contributed by atoms with Gasteiger partial charge in [-0.3, -0.25) is 9.10 Å². The van der Waals surface area contributed by atoms with Crippen molar-refractivity contribution >= 4 is 44.8 Å². The first-order chi connectivity index (χ1) is 12.7. The smallest absolute Gasteiger partial charge is 0.232 e. The monoisotopic (exact) mass is 436 g/mol. The third kappa shape index (κ3) is 8.28. The maximum absolute atomic E-state index is 12.2. The van der Waals surface area contributed by atoms with Crippen LogP contribution >= 0.6 is 23.2 Å². The van der Waals surface area contributed by atoms with Crippen LogP contribution < -0.4 is 9.62 Å². The fraction of sp³-hybridized carbons (Fsp3) is 0.632. The Morgan fingerprint density at radius 3 is 2.33 bits per heavy atom.